The van der Waals surface area contributed by atoms with Gasteiger partial charge in [0.25, 0.3) is 11.5 Å². The van der Waals surface area contributed by atoms with E-state index in [0.717, 1.165) is 6.54 Å². The summed E-state index contributed by atoms with van der Waals surface area (Å²) in [4.78, 5) is 27.1. The number of nitrogens with zero attached hydrogens (tertiary/aromatic N) is 1. The first kappa shape index (κ1) is 12.9. The first-order chi connectivity index (χ1) is 7.56. The van der Waals surface area contributed by atoms with Crippen molar-refractivity contribution in [3.63, 3.8) is 0 Å². The molecule has 0 saturated heterocycles. The molecule has 1 rings (SSSR count). The number of halogens is 1. The fourth-order valence-electron chi connectivity index (χ4n) is 1.18. The van der Waals surface area contributed by atoms with E-state index < -0.39 is 0 Å². The largest absolute Gasteiger partial charge is 0.340 e. The molecule has 0 radical (unpaired) electrons. The van der Waals surface area contributed by atoms with Gasteiger partial charge in [-0.25, -0.2) is 0 Å². The summed E-state index contributed by atoms with van der Waals surface area (Å²) in [6, 6.07) is 1.52. The molecule has 1 heterocycles. The third-order valence-electron chi connectivity index (χ3n) is 2.15. The van der Waals surface area contributed by atoms with E-state index in [1.807, 2.05) is 7.05 Å². The van der Waals surface area contributed by atoms with Gasteiger partial charge in [0, 0.05) is 26.3 Å². The van der Waals surface area contributed by atoms with Crippen molar-refractivity contribution >= 4 is 21.8 Å². The molecular weight excluding hydrogens is 274 g/mol. The van der Waals surface area contributed by atoms with Crippen molar-refractivity contribution in [3.05, 3.63) is 32.7 Å². The maximum atomic E-state index is 11.9. The third kappa shape index (κ3) is 3.18. The molecule has 0 aliphatic carbocycles. The van der Waals surface area contributed by atoms with Crippen LogP contribution in [0.4, 0.5) is 0 Å². The van der Waals surface area contributed by atoms with E-state index in [1.165, 1.54) is 12.3 Å². The van der Waals surface area contributed by atoms with Crippen molar-refractivity contribution in [3.8, 4) is 0 Å². The van der Waals surface area contributed by atoms with Crippen molar-refractivity contribution in [1.82, 2.24) is 15.2 Å². The Bertz CT molecular complexity index is 430. The maximum Gasteiger partial charge on any atom is 0.262 e. The standard InChI is InChI=1S/C10H14BrN3O2/c1-12-3-4-14(2)10(16)7-5-8(11)9(15)13-6-7/h5-6,12H,3-4H2,1-2H3,(H,13,15). The first-order valence-corrected chi connectivity index (χ1v) is 5.64. The van der Waals surface area contributed by atoms with Crippen LogP contribution in [0.15, 0.2) is 21.5 Å². The lowest BCUT2D eigenvalue weighted by molar-refractivity contribution is 0.0796. The van der Waals surface area contributed by atoms with Gasteiger partial charge < -0.3 is 15.2 Å². The maximum absolute atomic E-state index is 11.9. The summed E-state index contributed by atoms with van der Waals surface area (Å²) >= 11 is 3.09. The Labute approximate surface area is 102 Å². The Morgan fingerprint density at radius 2 is 2.31 bits per heavy atom. The van der Waals surface area contributed by atoms with Crippen LogP contribution < -0.4 is 10.9 Å². The molecule has 5 nitrogen and oxygen atoms in total. The molecule has 0 atom stereocenters. The van der Waals surface area contributed by atoms with Crippen LogP contribution in [0.5, 0.6) is 0 Å². The highest BCUT2D eigenvalue weighted by Gasteiger charge is 2.12. The van der Waals surface area contributed by atoms with E-state index in [-0.39, 0.29) is 11.5 Å². The van der Waals surface area contributed by atoms with Crippen molar-refractivity contribution in [2.24, 2.45) is 0 Å². The number of hydrogen-bond donors (Lipinski definition) is 2. The average Bonchev–Trinajstić information content (AvgIpc) is 2.28. The SMILES string of the molecule is CNCCN(C)C(=O)c1c[nH]c(=O)c(Br)c1. The molecule has 16 heavy (non-hydrogen) atoms. The lowest BCUT2D eigenvalue weighted by Crippen LogP contribution is -2.33. The van der Waals surface area contributed by atoms with Crippen LogP contribution in [0.2, 0.25) is 0 Å². The minimum Gasteiger partial charge on any atom is -0.340 e. The Kier molecular flexibility index (Phi) is 4.70. The summed E-state index contributed by atoms with van der Waals surface area (Å²) in [6.07, 6.45) is 1.42. The Hall–Kier alpha value is -1.14. The molecule has 0 bridgehead atoms. The molecule has 2 N–H and O–H groups in total. The highest BCUT2D eigenvalue weighted by Crippen LogP contribution is 2.07. The molecule has 0 saturated carbocycles. The van der Waals surface area contributed by atoms with Crippen molar-refractivity contribution in [1.29, 1.82) is 0 Å². The molecule has 6 heteroatoms. The zero-order chi connectivity index (χ0) is 12.1. The molecule has 1 aromatic heterocycles. The molecule has 0 aliphatic heterocycles. The molecule has 0 unspecified atom stereocenters. The Balaban J connectivity index is 2.80. The lowest BCUT2D eigenvalue weighted by Gasteiger charge is -2.16. The number of nitrogens with one attached hydrogen (secondary N) is 2. The van der Waals surface area contributed by atoms with Crippen LogP contribution in [-0.2, 0) is 0 Å². The van der Waals surface area contributed by atoms with Crippen molar-refractivity contribution in [2.45, 2.75) is 0 Å². The van der Waals surface area contributed by atoms with Crippen LogP contribution in [0, 0.1) is 0 Å². The number of amides is 1. The summed E-state index contributed by atoms with van der Waals surface area (Å²) in [5.41, 5.74) is 0.222. The highest BCUT2D eigenvalue weighted by molar-refractivity contribution is 9.10. The number of likely N-dealkylation sites (N-methyl/N-ethyl adjacent to an activating group) is 2. The number of carbonyl (C=O) groups excluding carboxylic acids is 1. The number of rotatable bonds is 4. The van der Waals surface area contributed by atoms with E-state index in [9.17, 15) is 9.59 Å². The smallest absolute Gasteiger partial charge is 0.262 e. The fraction of sp³-hybridized carbons (Fsp3) is 0.400. The number of aromatic nitrogens is 1. The van der Waals surface area contributed by atoms with E-state index in [4.69, 9.17) is 0 Å². The molecule has 1 amide bonds. The van der Waals surface area contributed by atoms with Crippen LogP contribution in [0.3, 0.4) is 0 Å². The predicted octanol–water partition coefficient (Wildman–Crippen LogP) is 0.429. The second-order valence-electron chi connectivity index (χ2n) is 3.40. The highest BCUT2D eigenvalue weighted by atomic mass is 79.9. The second-order valence-corrected chi connectivity index (χ2v) is 4.25. The summed E-state index contributed by atoms with van der Waals surface area (Å²) in [5, 5.41) is 2.96. The molecular formula is C10H14BrN3O2. The number of H-pyrrole nitrogens is 1. The van der Waals surface area contributed by atoms with Gasteiger partial charge in [-0.1, -0.05) is 0 Å². The van der Waals surface area contributed by atoms with Crippen LogP contribution in [0.1, 0.15) is 10.4 Å². The third-order valence-corrected chi connectivity index (χ3v) is 2.74. The molecule has 0 aliphatic rings. The topological polar surface area (TPSA) is 65.2 Å². The van der Waals surface area contributed by atoms with E-state index >= 15 is 0 Å². The quantitative estimate of drug-likeness (QED) is 0.844. The van der Waals surface area contributed by atoms with E-state index in [1.54, 1.807) is 11.9 Å². The molecule has 88 valence electrons. The van der Waals surface area contributed by atoms with Gasteiger partial charge >= 0.3 is 0 Å². The molecule has 0 aromatic carbocycles. The molecule has 0 spiro atoms. The number of carbonyl (C=O) groups is 1. The van der Waals surface area contributed by atoms with Crippen LogP contribution in [-0.4, -0.2) is 43.0 Å². The van der Waals surface area contributed by atoms with Gasteiger partial charge in [-0.3, -0.25) is 9.59 Å². The molecule has 1 aromatic rings. The van der Waals surface area contributed by atoms with Crippen molar-refractivity contribution < 1.29 is 4.79 Å². The van der Waals surface area contributed by atoms with E-state index in [2.05, 4.69) is 26.2 Å². The Morgan fingerprint density at radius 3 is 2.88 bits per heavy atom. The Morgan fingerprint density at radius 1 is 1.62 bits per heavy atom. The van der Waals surface area contributed by atoms with Gasteiger partial charge in [0.1, 0.15) is 0 Å². The number of aromatic amines is 1. The average molecular weight is 288 g/mol. The minimum atomic E-state index is -0.241. The summed E-state index contributed by atoms with van der Waals surface area (Å²) in [7, 11) is 3.55. The molecule has 0 fully saturated rings. The summed E-state index contributed by atoms with van der Waals surface area (Å²) < 4.78 is 0.361. The number of hydrogen-bond acceptors (Lipinski definition) is 3. The van der Waals surface area contributed by atoms with Crippen LogP contribution >= 0.6 is 15.9 Å². The predicted molar refractivity (Wildman–Crippen MR) is 65.6 cm³/mol. The second kappa shape index (κ2) is 5.81. The van der Waals surface area contributed by atoms with E-state index in [0.29, 0.717) is 16.6 Å². The van der Waals surface area contributed by atoms with Gasteiger partial charge in [0.2, 0.25) is 0 Å². The van der Waals surface area contributed by atoms with Crippen molar-refractivity contribution in [2.75, 3.05) is 27.2 Å². The normalized spacial score (nSPS) is 10.2. The van der Waals surface area contributed by atoms with Crippen LogP contribution in [0.25, 0.3) is 0 Å². The number of pyridine rings is 1. The zero-order valence-electron chi connectivity index (χ0n) is 9.21. The summed E-state index contributed by atoms with van der Waals surface area (Å²) in [5.74, 6) is -0.118. The summed E-state index contributed by atoms with van der Waals surface area (Å²) in [6.45, 7) is 1.35. The monoisotopic (exact) mass is 287 g/mol. The lowest BCUT2D eigenvalue weighted by atomic mass is 10.2. The van der Waals surface area contributed by atoms with Gasteiger partial charge in [-0.15, -0.1) is 0 Å². The van der Waals surface area contributed by atoms with Gasteiger partial charge in [-0.2, -0.15) is 0 Å². The first-order valence-electron chi connectivity index (χ1n) is 4.84. The van der Waals surface area contributed by atoms with Gasteiger partial charge in [0.05, 0.1) is 10.0 Å². The minimum absolute atomic E-state index is 0.118. The van der Waals surface area contributed by atoms with Gasteiger partial charge in [-0.05, 0) is 29.0 Å². The fourth-order valence-corrected chi connectivity index (χ4v) is 1.54. The zero-order valence-corrected chi connectivity index (χ0v) is 10.8. The van der Waals surface area contributed by atoms with Gasteiger partial charge in [0.15, 0.2) is 0 Å².